The fraction of sp³-hybridized carbons (Fsp3) is 0.240. The Morgan fingerprint density at radius 1 is 1.06 bits per heavy atom. The first kappa shape index (κ1) is 21.8. The van der Waals surface area contributed by atoms with Gasteiger partial charge >= 0.3 is 6.29 Å². The number of carbonyl (C=O) groups excluding carboxylic acids is 1. The number of anilines is 1. The number of halogens is 2. The van der Waals surface area contributed by atoms with Gasteiger partial charge in [0, 0.05) is 18.0 Å². The molecule has 0 spiro atoms. The van der Waals surface area contributed by atoms with Crippen molar-refractivity contribution in [2.24, 2.45) is 7.05 Å². The van der Waals surface area contributed by atoms with E-state index < -0.39 is 11.7 Å². The summed E-state index contributed by atoms with van der Waals surface area (Å²) >= 11 is 0. The minimum atomic E-state index is -3.71. The van der Waals surface area contributed by atoms with E-state index in [0.717, 1.165) is 27.7 Å². The Morgan fingerprint density at radius 3 is 2.62 bits per heavy atom. The largest absolute Gasteiger partial charge is 0.586 e. The van der Waals surface area contributed by atoms with E-state index in [2.05, 4.69) is 24.9 Å². The molecular formula is C25H22F2N4O3. The third-order valence-electron chi connectivity index (χ3n) is 6.05. The van der Waals surface area contributed by atoms with Gasteiger partial charge in [-0.1, -0.05) is 18.2 Å². The predicted octanol–water partition coefficient (Wildman–Crippen LogP) is 5.18. The Kier molecular flexibility index (Phi) is 4.82. The number of nitrogens with one attached hydrogen (secondary N) is 1. The van der Waals surface area contributed by atoms with E-state index in [9.17, 15) is 13.6 Å². The van der Waals surface area contributed by atoms with Gasteiger partial charge in [-0.25, -0.2) is 4.98 Å². The summed E-state index contributed by atoms with van der Waals surface area (Å²) in [6, 6.07) is 13.9. The van der Waals surface area contributed by atoms with Gasteiger partial charge < -0.3 is 14.8 Å². The van der Waals surface area contributed by atoms with Gasteiger partial charge in [-0.15, -0.1) is 8.78 Å². The highest BCUT2D eigenvalue weighted by Crippen LogP contribution is 2.43. The summed E-state index contributed by atoms with van der Waals surface area (Å²) < 4.78 is 37.5. The molecule has 1 amide bonds. The van der Waals surface area contributed by atoms with Crippen LogP contribution in [0.5, 0.6) is 11.5 Å². The van der Waals surface area contributed by atoms with Gasteiger partial charge in [0.15, 0.2) is 11.5 Å². The lowest BCUT2D eigenvalue weighted by molar-refractivity contribution is -0.286. The average Bonchev–Trinajstić information content (AvgIpc) is 3.31. The molecule has 3 heterocycles. The molecule has 0 radical (unpaired) electrons. The minimum Gasteiger partial charge on any atom is -0.395 e. The highest BCUT2D eigenvalue weighted by molar-refractivity contribution is 5.98. The Bertz CT molecular complexity index is 1450. The Balaban J connectivity index is 1.41. The number of rotatable bonds is 4. The van der Waals surface area contributed by atoms with Crippen LogP contribution < -0.4 is 14.8 Å². The van der Waals surface area contributed by atoms with Crippen LogP contribution in [-0.4, -0.2) is 27.0 Å². The minimum absolute atomic E-state index is 0.0691. The van der Waals surface area contributed by atoms with Crippen molar-refractivity contribution in [1.82, 2.24) is 14.8 Å². The van der Waals surface area contributed by atoms with Gasteiger partial charge in [0.2, 0.25) is 5.91 Å². The summed E-state index contributed by atoms with van der Waals surface area (Å²) in [5.41, 5.74) is 3.06. The highest BCUT2D eigenvalue weighted by atomic mass is 19.3. The van der Waals surface area contributed by atoms with E-state index in [-0.39, 0.29) is 17.4 Å². The van der Waals surface area contributed by atoms with Gasteiger partial charge in [0.25, 0.3) is 0 Å². The van der Waals surface area contributed by atoms with Crippen LogP contribution in [0.3, 0.4) is 0 Å². The van der Waals surface area contributed by atoms with Crippen LogP contribution in [0.15, 0.2) is 54.7 Å². The first-order valence-corrected chi connectivity index (χ1v) is 10.7. The second-order valence-corrected chi connectivity index (χ2v) is 8.81. The molecule has 0 fully saturated rings. The summed E-state index contributed by atoms with van der Waals surface area (Å²) in [7, 11) is 1.88. The number of alkyl halides is 2. The van der Waals surface area contributed by atoms with Crippen LogP contribution in [0, 0.1) is 6.92 Å². The number of fused-ring (bicyclic) bond motifs is 2. The first-order valence-electron chi connectivity index (χ1n) is 10.7. The molecule has 4 aromatic rings. The summed E-state index contributed by atoms with van der Waals surface area (Å²) in [6.07, 6.45) is -1.92. The number of nitrogens with zero attached hydrogens (tertiary/aromatic N) is 3. The maximum Gasteiger partial charge on any atom is 0.586 e. The standard InChI is InChI=1S/C25H22F2N4O3/c1-14-5-10-21(29-22(14)15-6-8-18-16(11-15)13-28-31(18)4)30-23(32)24(2,3)17-7-9-19-20(12-17)34-25(26,27)33-19/h5-13H,1-4H3,(H,29,30,32). The summed E-state index contributed by atoms with van der Waals surface area (Å²) in [5.74, 6) is -0.134. The summed E-state index contributed by atoms with van der Waals surface area (Å²) in [4.78, 5) is 17.9. The third-order valence-corrected chi connectivity index (χ3v) is 6.05. The smallest absolute Gasteiger partial charge is 0.395 e. The van der Waals surface area contributed by atoms with Gasteiger partial charge in [-0.3, -0.25) is 9.48 Å². The predicted molar refractivity (Wildman–Crippen MR) is 123 cm³/mol. The number of pyridine rings is 1. The fourth-order valence-electron chi connectivity index (χ4n) is 3.94. The van der Waals surface area contributed by atoms with Gasteiger partial charge in [0.1, 0.15) is 5.82 Å². The molecule has 1 aliphatic rings. The highest BCUT2D eigenvalue weighted by Gasteiger charge is 2.44. The molecule has 1 N–H and O–H groups in total. The summed E-state index contributed by atoms with van der Waals surface area (Å²) in [6.45, 7) is 5.35. The van der Waals surface area contributed by atoms with Crippen molar-refractivity contribution in [3.63, 3.8) is 0 Å². The monoisotopic (exact) mass is 464 g/mol. The molecule has 174 valence electrons. The Labute approximate surface area is 194 Å². The molecule has 1 aliphatic heterocycles. The number of benzene rings is 2. The van der Waals surface area contributed by atoms with Crippen molar-refractivity contribution in [2.45, 2.75) is 32.5 Å². The van der Waals surface area contributed by atoms with Gasteiger partial charge in [0.05, 0.1) is 22.8 Å². The van der Waals surface area contributed by atoms with Crippen molar-refractivity contribution in [3.8, 4) is 22.8 Å². The Hall–Kier alpha value is -4.01. The zero-order valence-electron chi connectivity index (χ0n) is 19.0. The van der Waals surface area contributed by atoms with Crippen molar-refractivity contribution in [1.29, 1.82) is 0 Å². The third kappa shape index (κ3) is 3.72. The zero-order valence-corrected chi connectivity index (χ0v) is 19.0. The maximum absolute atomic E-state index is 13.4. The first-order chi connectivity index (χ1) is 16.0. The van der Waals surface area contributed by atoms with Crippen LogP contribution >= 0.6 is 0 Å². The maximum atomic E-state index is 13.4. The number of aryl methyl sites for hydroxylation is 2. The molecule has 0 bridgehead atoms. The number of hydrogen-bond donors (Lipinski definition) is 1. The van der Waals surface area contributed by atoms with Crippen molar-refractivity contribution >= 4 is 22.6 Å². The molecule has 0 aliphatic carbocycles. The van der Waals surface area contributed by atoms with Gasteiger partial charge in [-0.05, 0) is 62.2 Å². The second kappa shape index (κ2) is 7.51. The quantitative estimate of drug-likeness (QED) is 0.450. The number of carbonyl (C=O) groups is 1. The van der Waals surface area contributed by atoms with Crippen LogP contribution in [0.4, 0.5) is 14.6 Å². The molecular weight excluding hydrogens is 442 g/mol. The fourth-order valence-corrected chi connectivity index (χ4v) is 3.94. The van der Waals surface area contributed by atoms with Crippen molar-refractivity contribution < 1.29 is 23.0 Å². The van der Waals surface area contributed by atoms with E-state index in [1.165, 1.54) is 12.1 Å². The zero-order chi connectivity index (χ0) is 24.3. The van der Waals surface area contributed by atoms with E-state index in [4.69, 9.17) is 0 Å². The molecule has 9 heteroatoms. The normalized spacial score (nSPS) is 14.4. The number of aromatic nitrogens is 3. The lowest BCUT2D eigenvalue weighted by Crippen LogP contribution is -2.35. The number of ether oxygens (including phenoxy) is 2. The number of amides is 1. The molecule has 5 rings (SSSR count). The molecule has 0 unspecified atom stereocenters. The lowest BCUT2D eigenvalue weighted by atomic mass is 9.83. The molecule has 2 aromatic carbocycles. The summed E-state index contributed by atoms with van der Waals surface area (Å²) in [5, 5.41) is 8.12. The Morgan fingerprint density at radius 2 is 1.82 bits per heavy atom. The lowest BCUT2D eigenvalue weighted by Gasteiger charge is -2.24. The van der Waals surface area contributed by atoms with Gasteiger partial charge in [-0.2, -0.15) is 5.10 Å². The SMILES string of the molecule is Cc1ccc(NC(=O)C(C)(C)c2ccc3c(c2)OC(F)(F)O3)nc1-c1ccc2c(cnn2C)c1. The van der Waals surface area contributed by atoms with Crippen molar-refractivity contribution in [3.05, 3.63) is 65.9 Å². The molecule has 34 heavy (non-hydrogen) atoms. The average molecular weight is 464 g/mol. The van der Waals surface area contributed by atoms with Crippen LogP contribution in [-0.2, 0) is 17.3 Å². The topological polar surface area (TPSA) is 78.3 Å². The van der Waals surface area contributed by atoms with E-state index in [1.807, 2.05) is 38.2 Å². The van der Waals surface area contributed by atoms with Crippen LogP contribution in [0.2, 0.25) is 0 Å². The molecule has 0 saturated carbocycles. The molecule has 7 nitrogen and oxygen atoms in total. The van der Waals surface area contributed by atoms with E-state index >= 15 is 0 Å². The molecule has 0 atom stereocenters. The van der Waals surface area contributed by atoms with E-state index in [0.29, 0.717) is 11.4 Å². The molecule has 2 aromatic heterocycles. The van der Waals surface area contributed by atoms with E-state index in [1.54, 1.807) is 36.9 Å². The number of hydrogen-bond acceptors (Lipinski definition) is 5. The van der Waals surface area contributed by atoms with Crippen LogP contribution in [0.25, 0.3) is 22.2 Å². The van der Waals surface area contributed by atoms with Crippen molar-refractivity contribution in [2.75, 3.05) is 5.32 Å². The molecule has 0 saturated heterocycles. The second-order valence-electron chi connectivity index (χ2n) is 8.81. The van der Waals surface area contributed by atoms with Crippen LogP contribution in [0.1, 0.15) is 25.0 Å².